The van der Waals surface area contributed by atoms with Crippen molar-refractivity contribution in [2.24, 2.45) is 0 Å². The Hall–Kier alpha value is -2.67. The number of alkyl halides is 3. The molecule has 1 heterocycles. The Morgan fingerprint density at radius 3 is 2.64 bits per heavy atom. The molecule has 3 rings (SSSR count). The summed E-state index contributed by atoms with van der Waals surface area (Å²) in [7, 11) is 0. The monoisotopic (exact) mass is 366 g/mol. The van der Waals surface area contributed by atoms with E-state index in [1.807, 2.05) is 0 Å². The van der Waals surface area contributed by atoms with E-state index in [2.05, 4.69) is 4.98 Å². The third-order valence-electron chi connectivity index (χ3n) is 3.61. The van der Waals surface area contributed by atoms with Crippen LogP contribution >= 0.6 is 11.6 Å². The number of ketones is 1. The first-order valence-electron chi connectivity index (χ1n) is 7.11. The van der Waals surface area contributed by atoms with Crippen molar-refractivity contribution in [3.8, 4) is 0 Å². The highest BCUT2D eigenvalue weighted by atomic mass is 35.5. The molecule has 0 fully saturated rings. The van der Waals surface area contributed by atoms with Gasteiger partial charge in [0.1, 0.15) is 0 Å². The second-order valence-corrected chi connectivity index (χ2v) is 5.78. The number of aromatic nitrogens is 2. The Kier molecular flexibility index (Phi) is 4.34. The van der Waals surface area contributed by atoms with E-state index in [0.717, 1.165) is 22.8 Å². The van der Waals surface area contributed by atoms with E-state index in [-0.39, 0.29) is 10.9 Å². The van der Waals surface area contributed by atoms with Gasteiger partial charge >= 0.3 is 6.18 Å². The van der Waals surface area contributed by atoms with Gasteiger partial charge in [0.25, 0.3) is 5.56 Å². The third-order valence-corrected chi connectivity index (χ3v) is 3.85. The van der Waals surface area contributed by atoms with Gasteiger partial charge in [-0.15, -0.1) is 0 Å². The normalized spacial score (nSPS) is 11.7. The maximum atomic E-state index is 12.7. The summed E-state index contributed by atoms with van der Waals surface area (Å²) in [5.41, 5.74) is -1.13. The molecule has 0 aliphatic rings. The highest BCUT2D eigenvalue weighted by molar-refractivity contribution is 6.31. The molecule has 4 nitrogen and oxygen atoms in total. The van der Waals surface area contributed by atoms with Crippen LogP contribution in [0.3, 0.4) is 0 Å². The maximum absolute atomic E-state index is 12.7. The van der Waals surface area contributed by atoms with Crippen LogP contribution in [0.2, 0.25) is 5.02 Å². The minimum Gasteiger partial charge on any atom is -0.292 e. The number of fused-ring (bicyclic) bond motifs is 1. The highest BCUT2D eigenvalue weighted by Gasteiger charge is 2.30. The second-order valence-electron chi connectivity index (χ2n) is 5.34. The summed E-state index contributed by atoms with van der Waals surface area (Å²) in [6.07, 6.45) is -3.36. The number of nitrogens with zero attached hydrogens (tertiary/aromatic N) is 2. The molecule has 0 atom stereocenters. The predicted molar refractivity (Wildman–Crippen MR) is 86.8 cm³/mol. The van der Waals surface area contributed by atoms with Gasteiger partial charge in [-0.1, -0.05) is 23.7 Å². The van der Waals surface area contributed by atoms with E-state index in [0.29, 0.717) is 10.5 Å². The van der Waals surface area contributed by atoms with Crippen LogP contribution in [0.25, 0.3) is 10.9 Å². The molecule has 2 aromatic carbocycles. The highest BCUT2D eigenvalue weighted by Crippen LogP contribution is 2.29. The fraction of sp³-hybridized carbons (Fsp3) is 0.118. The van der Waals surface area contributed by atoms with Crippen LogP contribution in [-0.2, 0) is 12.7 Å². The largest absolute Gasteiger partial charge is 0.416 e. The molecule has 8 heteroatoms. The van der Waals surface area contributed by atoms with E-state index in [1.54, 1.807) is 12.1 Å². The molecule has 0 amide bonds. The zero-order valence-corrected chi connectivity index (χ0v) is 13.3. The molecule has 0 bridgehead atoms. The average molecular weight is 367 g/mol. The van der Waals surface area contributed by atoms with Crippen LogP contribution in [0, 0.1) is 0 Å². The van der Waals surface area contributed by atoms with E-state index in [9.17, 15) is 22.8 Å². The van der Waals surface area contributed by atoms with Gasteiger partial charge < -0.3 is 0 Å². The van der Waals surface area contributed by atoms with Crippen molar-refractivity contribution >= 4 is 28.3 Å². The van der Waals surface area contributed by atoms with Crippen LogP contribution in [0.15, 0.2) is 53.6 Å². The van der Waals surface area contributed by atoms with Gasteiger partial charge in [-0.05, 0) is 30.3 Å². The standard InChI is InChI=1S/C17H10ClF3N2O2/c18-12-4-5-14-13(7-12)16(25)23(9-22-14)8-15(24)10-2-1-3-11(6-10)17(19,20)21/h1-7,9H,8H2. The van der Waals surface area contributed by atoms with Crippen molar-refractivity contribution < 1.29 is 18.0 Å². The lowest BCUT2D eigenvalue weighted by molar-refractivity contribution is -0.137. The molecule has 0 radical (unpaired) electrons. The van der Waals surface area contributed by atoms with Crippen molar-refractivity contribution in [1.29, 1.82) is 0 Å². The summed E-state index contributed by atoms with van der Waals surface area (Å²) in [4.78, 5) is 28.7. The third kappa shape index (κ3) is 3.56. The number of carbonyl (C=O) groups is 1. The van der Waals surface area contributed by atoms with Crippen LogP contribution in [0.5, 0.6) is 0 Å². The molecule has 0 aliphatic carbocycles. The summed E-state index contributed by atoms with van der Waals surface area (Å²) < 4.78 is 39.3. The number of rotatable bonds is 3. The molecule has 25 heavy (non-hydrogen) atoms. The van der Waals surface area contributed by atoms with E-state index < -0.39 is 29.6 Å². The number of Topliss-reactive ketones (excluding diaryl/α,β-unsaturated/α-hetero) is 1. The SMILES string of the molecule is O=C(Cn1cnc2ccc(Cl)cc2c1=O)c1cccc(C(F)(F)F)c1. The summed E-state index contributed by atoms with van der Waals surface area (Å²) in [6, 6.07) is 8.64. The van der Waals surface area contributed by atoms with Crippen LogP contribution < -0.4 is 5.56 Å². The quantitative estimate of drug-likeness (QED) is 0.659. The molecule has 0 saturated carbocycles. The maximum Gasteiger partial charge on any atom is 0.416 e. The van der Waals surface area contributed by atoms with Gasteiger partial charge in [-0.25, -0.2) is 4.98 Å². The van der Waals surface area contributed by atoms with Crippen LogP contribution in [0.4, 0.5) is 13.2 Å². The summed E-state index contributed by atoms with van der Waals surface area (Å²) >= 11 is 5.86. The molecule has 3 aromatic rings. The molecule has 0 aliphatic heterocycles. The van der Waals surface area contributed by atoms with Gasteiger partial charge in [0.2, 0.25) is 0 Å². The van der Waals surface area contributed by atoms with Gasteiger partial charge in [0, 0.05) is 10.6 Å². The van der Waals surface area contributed by atoms with Crippen LogP contribution in [0.1, 0.15) is 15.9 Å². The summed E-state index contributed by atoms with van der Waals surface area (Å²) in [5.74, 6) is -0.628. The summed E-state index contributed by atoms with van der Waals surface area (Å²) in [5, 5.41) is 0.570. The van der Waals surface area contributed by atoms with E-state index in [4.69, 9.17) is 11.6 Å². The second kappa shape index (κ2) is 6.33. The van der Waals surface area contributed by atoms with Gasteiger partial charge in [0.15, 0.2) is 5.78 Å². The molecule has 1 aromatic heterocycles. The number of benzene rings is 2. The van der Waals surface area contributed by atoms with Crippen molar-refractivity contribution in [2.75, 3.05) is 0 Å². The van der Waals surface area contributed by atoms with E-state index in [1.165, 1.54) is 18.5 Å². The Morgan fingerprint density at radius 1 is 1.16 bits per heavy atom. The van der Waals surface area contributed by atoms with Gasteiger partial charge in [-0.2, -0.15) is 13.2 Å². The lowest BCUT2D eigenvalue weighted by atomic mass is 10.1. The zero-order valence-electron chi connectivity index (χ0n) is 12.5. The van der Waals surface area contributed by atoms with E-state index >= 15 is 0 Å². The average Bonchev–Trinajstić information content (AvgIpc) is 2.57. The van der Waals surface area contributed by atoms with Crippen molar-refractivity contribution in [3.05, 3.63) is 75.3 Å². The van der Waals surface area contributed by atoms with Crippen molar-refractivity contribution in [3.63, 3.8) is 0 Å². The minimum atomic E-state index is -4.55. The lowest BCUT2D eigenvalue weighted by Crippen LogP contribution is -2.24. The first kappa shape index (κ1) is 17.2. The molecule has 128 valence electrons. The zero-order chi connectivity index (χ0) is 18.2. The molecule has 0 spiro atoms. The Labute approximate surface area is 144 Å². The molecule has 0 saturated heterocycles. The minimum absolute atomic E-state index is 0.132. The number of carbonyl (C=O) groups excluding carboxylic acids is 1. The Balaban J connectivity index is 1.95. The first-order valence-corrected chi connectivity index (χ1v) is 7.48. The first-order chi connectivity index (χ1) is 11.8. The lowest BCUT2D eigenvalue weighted by Gasteiger charge is -2.09. The fourth-order valence-corrected chi connectivity index (χ4v) is 2.53. The number of hydrogen-bond acceptors (Lipinski definition) is 3. The van der Waals surface area contributed by atoms with Crippen molar-refractivity contribution in [1.82, 2.24) is 9.55 Å². The van der Waals surface area contributed by atoms with Crippen molar-refractivity contribution in [2.45, 2.75) is 12.7 Å². The topological polar surface area (TPSA) is 52.0 Å². The molecule has 0 N–H and O–H groups in total. The molecular weight excluding hydrogens is 357 g/mol. The molecular formula is C17H10ClF3N2O2. The van der Waals surface area contributed by atoms with Gasteiger partial charge in [-0.3, -0.25) is 14.2 Å². The fourth-order valence-electron chi connectivity index (χ4n) is 2.36. The molecule has 0 unspecified atom stereocenters. The van der Waals surface area contributed by atoms with Crippen LogP contribution in [-0.4, -0.2) is 15.3 Å². The number of hydrogen-bond donors (Lipinski definition) is 0. The Morgan fingerprint density at radius 2 is 1.92 bits per heavy atom. The Bertz CT molecular complexity index is 1030. The summed E-state index contributed by atoms with van der Waals surface area (Å²) in [6.45, 7) is -0.421. The smallest absolute Gasteiger partial charge is 0.292 e. The predicted octanol–water partition coefficient (Wildman–Crippen LogP) is 3.95. The van der Waals surface area contributed by atoms with Gasteiger partial charge in [0.05, 0.1) is 29.3 Å². The number of halogens is 4.